The lowest BCUT2D eigenvalue weighted by atomic mass is 10.3. The molecule has 0 atom stereocenters. The Bertz CT molecular complexity index is 512. The van der Waals surface area contributed by atoms with Crippen molar-refractivity contribution in [1.29, 1.82) is 0 Å². The first-order valence-electron chi connectivity index (χ1n) is 5.99. The number of ether oxygens (including phenoxy) is 1. The monoisotopic (exact) mass is 273 g/mol. The molecule has 0 radical (unpaired) electrons. The van der Waals surface area contributed by atoms with Crippen molar-refractivity contribution >= 4 is 12.2 Å². The van der Waals surface area contributed by atoms with Crippen LogP contribution in [0.2, 0.25) is 0 Å². The standard InChI is InChI=1S/C14H15N3O3/c1-2-14(18)20-13-9-6-4-3-5-7-12-19-17-16-15-11-8-10-13/h3-12H,2H2,1H3/b5-3+,6-4+,10-8?,12-7-,13-9?,15-11+,17-16-. The Morgan fingerprint density at radius 1 is 1.20 bits per heavy atom. The van der Waals surface area contributed by atoms with Crippen molar-refractivity contribution in [2.45, 2.75) is 13.3 Å². The quantitative estimate of drug-likeness (QED) is 0.724. The van der Waals surface area contributed by atoms with E-state index in [1.807, 2.05) is 0 Å². The largest absolute Gasteiger partial charge is 0.427 e. The fourth-order valence-corrected chi connectivity index (χ4v) is 1.03. The van der Waals surface area contributed by atoms with Crippen LogP contribution in [0, 0.1) is 0 Å². The maximum Gasteiger partial charge on any atom is 0.310 e. The molecule has 6 nitrogen and oxygen atoms in total. The minimum absolute atomic E-state index is 0.305. The van der Waals surface area contributed by atoms with E-state index in [0.717, 1.165) is 0 Å². The molecule has 0 amide bonds. The average Bonchev–Trinajstić information content (AvgIpc) is 2.47. The van der Waals surface area contributed by atoms with Crippen LogP contribution < -0.4 is 0 Å². The molecule has 0 saturated heterocycles. The summed E-state index contributed by atoms with van der Waals surface area (Å²) in [7, 11) is 0. The molecule has 0 aromatic rings. The Hall–Kier alpha value is -2.76. The van der Waals surface area contributed by atoms with Gasteiger partial charge in [-0.3, -0.25) is 4.79 Å². The van der Waals surface area contributed by atoms with Crippen LogP contribution >= 0.6 is 0 Å². The molecular formula is C14H15N3O3. The topological polar surface area (TPSA) is 72.6 Å². The zero-order valence-corrected chi connectivity index (χ0v) is 11.0. The van der Waals surface area contributed by atoms with Crippen molar-refractivity contribution < 1.29 is 14.4 Å². The first-order valence-corrected chi connectivity index (χ1v) is 5.99. The molecule has 0 aromatic heterocycles. The molecule has 0 unspecified atom stereocenters. The normalized spacial score (nSPS) is 23.1. The van der Waals surface area contributed by atoms with Crippen molar-refractivity contribution in [3.05, 3.63) is 60.6 Å². The minimum atomic E-state index is -0.310. The molecule has 0 aromatic carbocycles. The molecule has 0 spiro atoms. The van der Waals surface area contributed by atoms with Crippen molar-refractivity contribution in [3.8, 4) is 0 Å². The van der Waals surface area contributed by atoms with Gasteiger partial charge in [0.2, 0.25) is 0 Å². The number of esters is 1. The maximum atomic E-state index is 11.3. The molecule has 0 fully saturated rings. The summed E-state index contributed by atoms with van der Waals surface area (Å²) in [5.74, 6) is 0.0993. The molecule has 20 heavy (non-hydrogen) atoms. The highest BCUT2D eigenvalue weighted by atomic mass is 16.6. The van der Waals surface area contributed by atoms with E-state index in [1.54, 1.807) is 55.5 Å². The zero-order chi connectivity index (χ0) is 14.5. The van der Waals surface area contributed by atoms with E-state index in [0.29, 0.717) is 12.2 Å². The van der Waals surface area contributed by atoms with Gasteiger partial charge < -0.3 is 9.57 Å². The first kappa shape index (κ1) is 15.3. The lowest BCUT2D eigenvalue weighted by molar-refractivity contribution is -0.138. The van der Waals surface area contributed by atoms with Crippen LogP contribution in [-0.4, -0.2) is 12.2 Å². The van der Waals surface area contributed by atoms with Gasteiger partial charge in [-0.1, -0.05) is 31.2 Å². The average molecular weight is 273 g/mol. The Balaban J connectivity index is 2.85. The number of nitrogens with zero attached hydrogens (tertiary/aromatic N) is 3. The second-order valence-electron chi connectivity index (χ2n) is 3.40. The van der Waals surface area contributed by atoms with E-state index in [-0.39, 0.29) is 5.97 Å². The minimum Gasteiger partial charge on any atom is -0.427 e. The second kappa shape index (κ2) is 10.2. The zero-order valence-electron chi connectivity index (χ0n) is 11.0. The summed E-state index contributed by atoms with van der Waals surface area (Å²) in [4.78, 5) is 16.0. The summed E-state index contributed by atoms with van der Waals surface area (Å²) in [5, 5.41) is 10.3. The van der Waals surface area contributed by atoms with E-state index in [2.05, 4.69) is 20.4 Å². The number of hydrogen-bond donors (Lipinski definition) is 0. The molecular weight excluding hydrogens is 258 g/mol. The molecule has 1 aliphatic rings. The van der Waals surface area contributed by atoms with Gasteiger partial charge in [0.1, 0.15) is 12.0 Å². The van der Waals surface area contributed by atoms with Gasteiger partial charge in [0, 0.05) is 6.42 Å². The Labute approximate surface area is 117 Å². The Morgan fingerprint density at radius 3 is 2.85 bits per heavy atom. The van der Waals surface area contributed by atoms with Crippen LogP contribution in [0.3, 0.4) is 0 Å². The predicted octanol–water partition coefficient (Wildman–Crippen LogP) is 3.39. The third-order valence-electron chi connectivity index (χ3n) is 1.91. The number of carbonyl (C=O) groups is 1. The third-order valence-corrected chi connectivity index (χ3v) is 1.91. The van der Waals surface area contributed by atoms with Crippen LogP contribution in [0.1, 0.15) is 13.3 Å². The van der Waals surface area contributed by atoms with Gasteiger partial charge in [0.05, 0.1) is 11.5 Å². The van der Waals surface area contributed by atoms with Crippen LogP contribution in [-0.2, 0) is 14.4 Å². The van der Waals surface area contributed by atoms with Crippen molar-refractivity contribution in [3.63, 3.8) is 0 Å². The summed E-state index contributed by atoms with van der Waals surface area (Å²) in [6, 6.07) is 0. The van der Waals surface area contributed by atoms with Gasteiger partial charge in [-0.2, -0.15) is 0 Å². The van der Waals surface area contributed by atoms with E-state index >= 15 is 0 Å². The second-order valence-corrected chi connectivity index (χ2v) is 3.40. The lowest BCUT2D eigenvalue weighted by Crippen LogP contribution is -2.00. The number of hydrogen-bond acceptors (Lipinski definition) is 6. The van der Waals surface area contributed by atoms with Gasteiger partial charge in [-0.05, 0) is 29.5 Å². The molecule has 1 rings (SSSR count). The van der Waals surface area contributed by atoms with Gasteiger partial charge in [-0.15, -0.1) is 5.10 Å². The number of carbonyl (C=O) groups excluding carboxylic acids is 1. The van der Waals surface area contributed by atoms with Crippen molar-refractivity contribution in [2.75, 3.05) is 0 Å². The summed E-state index contributed by atoms with van der Waals surface area (Å²) in [6.45, 7) is 1.73. The summed E-state index contributed by atoms with van der Waals surface area (Å²) >= 11 is 0. The molecule has 1 aliphatic heterocycles. The van der Waals surface area contributed by atoms with Gasteiger partial charge in [0.25, 0.3) is 0 Å². The van der Waals surface area contributed by atoms with Crippen LogP contribution in [0.5, 0.6) is 0 Å². The van der Waals surface area contributed by atoms with E-state index in [1.165, 1.54) is 12.5 Å². The molecule has 0 saturated carbocycles. The molecule has 1 heterocycles. The molecule has 0 N–H and O–H groups in total. The smallest absolute Gasteiger partial charge is 0.310 e. The SMILES string of the molecule is CCC(=O)OC1=C/C=C/C=C/C=C\O/N=N\N=C\C=C1. The number of rotatable bonds is 2. The van der Waals surface area contributed by atoms with Crippen LogP contribution in [0.4, 0.5) is 0 Å². The highest BCUT2D eigenvalue weighted by Gasteiger charge is 2.00. The van der Waals surface area contributed by atoms with E-state index in [4.69, 9.17) is 4.74 Å². The predicted molar refractivity (Wildman–Crippen MR) is 75.5 cm³/mol. The Kier molecular flexibility index (Phi) is 7.79. The third kappa shape index (κ3) is 7.54. The summed E-state index contributed by atoms with van der Waals surface area (Å²) in [5.41, 5.74) is 0. The molecule has 6 heteroatoms. The molecule has 104 valence electrons. The fourth-order valence-electron chi connectivity index (χ4n) is 1.03. The highest BCUT2D eigenvalue weighted by molar-refractivity contribution is 5.73. The maximum absolute atomic E-state index is 11.3. The van der Waals surface area contributed by atoms with Crippen LogP contribution in [0.15, 0.2) is 76.2 Å². The van der Waals surface area contributed by atoms with Gasteiger partial charge in [0.15, 0.2) is 0 Å². The summed E-state index contributed by atoms with van der Waals surface area (Å²) in [6.07, 6.45) is 16.6. The van der Waals surface area contributed by atoms with Crippen LogP contribution in [0.25, 0.3) is 0 Å². The Morgan fingerprint density at radius 2 is 2.00 bits per heavy atom. The lowest BCUT2D eigenvalue weighted by Gasteiger charge is -2.01. The van der Waals surface area contributed by atoms with Crippen molar-refractivity contribution in [1.82, 2.24) is 0 Å². The highest BCUT2D eigenvalue weighted by Crippen LogP contribution is 2.03. The number of allylic oxidation sites excluding steroid dienone is 8. The van der Waals surface area contributed by atoms with E-state index in [9.17, 15) is 4.79 Å². The fraction of sp³-hybridized carbons (Fsp3) is 0.143. The van der Waals surface area contributed by atoms with E-state index < -0.39 is 0 Å². The molecule has 0 bridgehead atoms. The van der Waals surface area contributed by atoms with Gasteiger partial charge in [-0.25, -0.2) is 0 Å². The van der Waals surface area contributed by atoms with Crippen molar-refractivity contribution in [2.24, 2.45) is 15.6 Å². The summed E-state index contributed by atoms with van der Waals surface area (Å²) < 4.78 is 5.13. The van der Waals surface area contributed by atoms with Gasteiger partial charge >= 0.3 is 5.97 Å². The first-order chi connectivity index (χ1) is 9.83. The molecule has 0 aliphatic carbocycles.